The Bertz CT molecular complexity index is 1500. The van der Waals surface area contributed by atoms with E-state index in [2.05, 4.69) is 26.1 Å². The molecule has 204 valence electrons. The third-order valence-corrected chi connectivity index (χ3v) is 7.91. The quantitative estimate of drug-likeness (QED) is 0.100. The van der Waals surface area contributed by atoms with Gasteiger partial charge in [0.1, 0.15) is 23.5 Å². The Balaban J connectivity index is 1.69. The van der Waals surface area contributed by atoms with Gasteiger partial charge in [-0.3, -0.25) is 14.7 Å². The summed E-state index contributed by atoms with van der Waals surface area (Å²) in [6.07, 6.45) is 0. The van der Waals surface area contributed by atoms with Gasteiger partial charge in [-0.2, -0.15) is 0 Å². The number of hydrogen-bond acceptors (Lipinski definition) is 7. The van der Waals surface area contributed by atoms with E-state index in [0.29, 0.717) is 44.7 Å². The van der Waals surface area contributed by atoms with Crippen molar-refractivity contribution in [3.63, 3.8) is 0 Å². The Morgan fingerprint density at radius 1 is 1.08 bits per heavy atom. The first kappa shape index (κ1) is 28.6. The van der Waals surface area contributed by atoms with E-state index in [-0.39, 0.29) is 23.9 Å². The lowest BCUT2D eigenvalue weighted by atomic mass is 10.1. The first-order chi connectivity index (χ1) is 18.7. The highest BCUT2D eigenvalue weighted by atomic mass is 79.9. The second-order valence-corrected chi connectivity index (χ2v) is 10.9. The number of nitrogens with zero attached hydrogens (tertiary/aromatic N) is 4. The van der Waals surface area contributed by atoms with Crippen LogP contribution in [0.5, 0.6) is 11.5 Å². The number of halogens is 2. The zero-order chi connectivity index (χ0) is 28.1. The highest BCUT2D eigenvalue weighted by Crippen LogP contribution is 2.43. The molecule has 0 amide bonds. The smallest absolute Gasteiger partial charge is 0.220 e. The number of thioether (sulfide) groups is 1. The molecular weight excluding hydrogens is 587 g/mol. The zero-order valence-corrected chi connectivity index (χ0v) is 24.4. The summed E-state index contributed by atoms with van der Waals surface area (Å²) in [6.45, 7) is 7.74. The molecule has 1 aromatic heterocycles. The lowest BCUT2D eigenvalue weighted by Crippen LogP contribution is -2.12. The minimum absolute atomic E-state index is 0.00385. The van der Waals surface area contributed by atoms with Crippen molar-refractivity contribution in [1.29, 1.82) is 0 Å². The van der Waals surface area contributed by atoms with Crippen molar-refractivity contribution in [2.45, 2.75) is 44.7 Å². The van der Waals surface area contributed by atoms with Crippen LogP contribution in [0.1, 0.15) is 40.3 Å². The monoisotopic (exact) mass is 614 g/mol. The molecule has 0 N–H and O–H groups in total. The van der Waals surface area contributed by atoms with E-state index in [9.17, 15) is 14.5 Å². The lowest BCUT2D eigenvalue weighted by Gasteiger charge is -2.19. The Kier molecular flexibility index (Phi) is 9.24. The molecule has 1 heterocycles. The maximum atomic E-state index is 14.1. The largest absolute Gasteiger partial charge is 0.490 e. The van der Waals surface area contributed by atoms with Gasteiger partial charge < -0.3 is 9.47 Å². The normalized spacial score (nSPS) is 11.8. The zero-order valence-electron chi connectivity index (χ0n) is 22.0. The molecule has 4 aromatic rings. The predicted octanol–water partition coefficient (Wildman–Crippen LogP) is 7.18. The maximum Gasteiger partial charge on any atom is 0.220 e. The Morgan fingerprint density at radius 2 is 1.85 bits per heavy atom. The summed E-state index contributed by atoms with van der Waals surface area (Å²) in [5.74, 6) is 1.10. The van der Waals surface area contributed by atoms with Crippen molar-refractivity contribution in [3.8, 4) is 17.2 Å². The van der Waals surface area contributed by atoms with E-state index in [1.807, 2.05) is 50.5 Å². The van der Waals surface area contributed by atoms with Crippen LogP contribution < -0.4 is 9.47 Å². The summed E-state index contributed by atoms with van der Waals surface area (Å²) < 4.78 is 28.4. The van der Waals surface area contributed by atoms with Gasteiger partial charge in [-0.05, 0) is 90.6 Å². The van der Waals surface area contributed by atoms with E-state index in [1.165, 1.54) is 17.8 Å². The molecule has 0 bridgehead atoms. The van der Waals surface area contributed by atoms with Crippen LogP contribution in [0.3, 0.4) is 0 Å². The molecule has 0 fully saturated rings. The van der Waals surface area contributed by atoms with E-state index in [1.54, 1.807) is 30.3 Å². The molecule has 0 unspecified atom stereocenters. The molecule has 0 saturated carbocycles. The molecule has 0 aliphatic heterocycles. The summed E-state index contributed by atoms with van der Waals surface area (Å²) in [5, 5.41) is 20.2. The number of aryl methyl sites for hydroxylation is 3. The van der Waals surface area contributed by atoms with Gasteiger partial charge in [-0.25, -0.2) is 4.39 Å². The van der Waals surface area contributed by atoms with Crippen LogP contribution in [0.4, 0.5) is 4.39 Å². The fraction of sp³-hybridized carbons (Fsp3) is 0.286. The third-order valence-electron chi connectivity index (χ3n) is 6.14. The summed E-state index contributed by atoms with van der Waals surface area (Å²) in [6, 6.07) is 15.9. The Hall–Kier alpha value is -3.44. The van der Waals surface area contributed by atoms with Crippen molar-refractivity contribution in [3.05, 3.63) is 103 Å². The second-order valence-electron chi connectivity index (χ2n) is 8.90. The van der Waals surface area contributed by atoms with Crippen LogP contribution >= 0.6 is 27.7 Å². The molecule has 8 nitrogen and oxygen atoms in total. The van der Waals surface area contributed by atoms with Gasteiger partial charge in [-0.1, -0.05) is 36.0 Å². The molecule has 3 aromatic carbocycles. The summed E-state index contributed by atoms with van der Waals surface area (Å²) >= 11 is 4.80. The van der Waals surface area contributed by atoms with Gasteiger partial charge in [0.05, 0.1) is 11.1 Å². The highest BCUT2D eigenvalue weighted by molar-refractivity contribution is 9.10. The van der Waals surface area contributed by atoms with E-state index < -0.39 is 5.25 Å². The molecule has 39 heavy (non-hydrogen) atoms. The minimum atomic E-state index is -0.606. The Morgan fingerprint density at radius 3 is 2.54 bits per heavy atom. The van der Waals surface area contributed by atoms with Gasteiger partial charge in [-0.15, -0.1) is 10.2 Å². The van der Waals surface area contributed by atoms with Crippen LogP contribution in [0, 0.1) is 36.7 Å². The van der Waals surface area contributed by atoms with Crippen molar-refractivity contribution in [1.82, 2.24) is 14.8 Å². The molecule has 0 aliphatic rings. The number of benzene rings is 3. The van der Waals surface area contributed by atoms with Crippen molar-refractivity contribution < 1.29 is 18.8 Å². The van der Waals surface area contributed by atoms with E-state index in [0.717, 1.165) is 16.8 Å². The van der Waals surface area contributed by atoms with Crippen molar-refractivity contribution >= 4 is 27.7 Å². The maximum absolute atomic E-state index is 14.1. The molecule has 0 aliphatic carbocycles. The molecule has 0 radical (unpaired) electrons. The SMILES string of the molecule is CCOc1cc([C@@H](C[N+](=O)[O-])Sc2nnc(C)n2-c2ccc(C)c(C)c2)cc(Br)c1OCc1ccccc1F. The van der Waals surface area contributed by atoms with Crippen molar-refractivity contribution in [2.24, 2.45) is 0 Å². The van der Waals surface area contributed by atoms with Crippen LogP contribution in [0.2, 0.25) is 0 Å². The summed E-state index contributed by atoms with van der Waals surface area (Å²) in [7, 11) is 0. The summed E-state index contributed by atoms with van der Waals surface area (Å²) in [5.41, 5.74) is 4.22. The molecule has 4 rings (SSSR count). The molecular formula is C28H28BrFN4O4S. The topological polar surface area (TPSA) is 92.3 Å². The van der Waals surface area contributed by atoms with Gasteiger partial charge in [0.2, 0.25) is 6.54 Å². The van der Waals surface area contributed by atoms with Crippen LogP contribution in [-0.4, -0.2) is 32.8 Å². The molecule has 0 spiro atoms. The minimum Gasteiger partial charge on any atom is -0.490 e. The van der Waals surface area contributed by atoms with Gasteiger partial charge in [0.25, 0.3) is 0 Å². The number of ether oxygens (including phenoxy) is 2. The standard InChI is InChI=1S/C28H28BrFN4O4S/c1-5-37-25-14-21(13-23(29)27(25)38-16-20-8-6-7-9-24(20)30)26(15-33(35)36)39-28-32-31-19(4)34(28)22-11-10-17(2)18(3)12-22/h6-14,26H,5,15-16H2,1-4H3/t26-/m1/s1. The van der Waals surface area contributed by atoms with Gasteiger partial charge >= 0.3 is 0 Å². The first-order valence-electron chi connectivity index (χ1n) is 12.3. The second kappa shape index (κ2) is 12.6. The summed E-state index contributed by atoms with van der Waals surface area (Å²) in [4.78, 5) is 11.4. The fourth-order valence-corrected chi connectivity index (χ4v) is 5.72. The molecule has 1 atom stereocenters. The molecule has 0 saturated heterocycles. The van der Waals surface area contributed by atoms with Crippen LogP contribution in [0.15, 0.2) is 64.2 Å². The average molecular weight is 616 g/mol. The van der Waals surface area contributed by atoms with Gasteiger partial charge in [0.15, 0.2) is 16.7 Å². The number of rotatable bonds is 11. The number of aromatic nitrogens is 3. The van der Waals surface area contributed by atoms with Crippen LogP contribution in [-0.2, 0) is 6.61 Å². The predicted molar refractivity (Wildman–Crippen MR) is 152 cm³/mol. The van der Waals surface area contributed by atoms with Gasteiger partial charge in [0, 0.05) is 16.2 Å². The number of hydrogen-bond donors (Lipinski definition) is 0. The fourth-order valence-electron chi connectivity index (χ4n) is 4.00. The third kappa shape index (κ3) is 6.77. The average Bonchev–Trinajstić information content (AvgIpc) is 3.25. The van der Waals surface area contributed by atoms with Crippen molar-refractivity contribution in [2.75, 3.05) is 13.2 Å². The lowest BCUT2D eigenvalue weighted by molar-refractivity contribution is -0.479. The highest BCUT2D eigenvalue weighted by Gasteiger charge is 2.26. The Labute approximate surface area is 238 Å². The van der Waals surface area contributed by atoms with E-state index in [4.69, 9.17) is 9.47 Å². The molecule has 11 heteroatoms. The van der Waals surface area contributed by atoms with Crippen LogP contribution in [0.25, 0.3) is 5.69 Å². The van der Waals surface area contributed by atoms with E-state index >= 15 is 0 Å². The number of nitro groups is 1. The first-order valence-corrected chi connectivity index (χ1v) is 14.0.